The summed E-state index contributed by atoms with van der Waals surface area (Å²) >= 11 is 0. The summed E-state index contributed by atoms with van der Waals surface area (Å²) in [5, 5.41) is 6.69. The summed E-state index contributed by atoms with van der Waals surface area (Å²) in [6.45, 7) is 7.63. The molecule has 0 aliphatic heterocycles. The van der Waals surface area contributed by atoms with Crippen LogP contribution in [0.1, 0.15) is 52.4 Å². The van der Waals surface area contributed by atoms with Crippen molar-refractivity contribution >= 4 is 35.8 Å². The minimum atomic E-state index is 0. The Labute approximate surface area is 176 Å². The maximum Gasteiger partial charge on any atom is 0.243 e. The molecule has 0 saturated heterocycles. The molecule has 0 atom stereocenters. The SMILES string of the molecule is CC(C)CCOCCNC(=NCC(=O)N(C)C)NCC1CCCCC1.I. The van der Waals surface area contributed by atoms with Crippen molar-refractivity contribution in [2.24, 2.45) is 16.8 Å². The van der Waals surface area contributed by atoms with Crippen LogP contribution >= 0.6 is 24.0 Å². The zero-order valence-corrected chi connectivity index (χ0v) is 19.4. The van der Waals surface area contributed by atoms with E-state index in [4.69, 9.17) is 4.74 Å². The topological polar surface area (TPSA) is 66.0 Å². The summed E-state index contributed by atoms with van der Waals surface area (Å²) < 4.78 is 5.63. The van der Waals surface area contributed by atoms with E-state index >= 15 is 0 Å². The number of nitrogens with zero attached hydrogens (tertiary/aromatic N) is 2. The fourth-order valence-corrected chi connectivity index (χ4v) is 2.76. The van der Waals surface area contributed by atoms with Crippen molar-refractivity contribution in [2.75, 3.05) is 46.9 Å². The van der Waals surface area contributed by atoms with Crippen molar-refractivity contribution in [3.63, 3.8) is 0 Å². The molecule has 1 aliphatic rings. The second kappa shape index (κ2) is 15.5. The summed E-state index contributed by atoms with van der Waals surface area (Å²) in [5.41, 5.74) is 0. The van der Waals surface area contributed by atoms with Gasteiger partial charge in [0, 0.05) is 33.8 Å². The Kier molecular flexibility index (Phi) is 15.1. The number of rotatable bonds is 10. The van der Waals surface area contributed by atoms with Gasteiger partial charge in [-0.15, -0.1) is 24.0 Å². The maximum absolute atomic E-state index is 11.8. The zero-order chi connectivity index (χ0) is 18.5. The monoisotopic (exact) mass is 482 g/mol. The lowest BCUT2D eigenvalue weighted by Gasteiger charge is -2.23. The third-order valence-corrected chi connectivity index (χ3v) is 4.53. The Balaban J connectivity index is 0.00000625. The highest BCUT2D eigenvalue weighted by atomic mass is 127. The van der Waals surface area contributed by atoms with Crippen molar-refractivity contribution in [3.05, 3.63) is 0 Å². The van der Waals surface area contributed by atoms with Crippen LogP contribution in [0.5, 0.6) is 0 Å². The molecule has 0 radical (unpaired) electrons. The number of nitrogens with one attached hydrogen (secondary N) is 2. The fourth-order valence-electron chi connectivity index (χ4n) is 2.76. The number of guanidine groups is 1. The van der Waals surface area contributed by atoms with Crippen molar-refractivity contribution in [3.8, 4) is 0 Å². The van der Waals surface area contributed by atoms with Crippen LogP contribution in [-0.4, -0.2) is 63.7 Å². The molecule has 26 heavy (non-hydrogen) atoms. The summed E-state index contributed by atoms with van der Waals surface area (Å²) in [6.07, 6.45) is 7.67. The van der Waals surface area contributed by atoms with E-state index in [9.17, 15) is 4.79 Å². The lowest BCUT2D eigenvalue weighted by atomic mass is 9.89. The molecule has 1 fully saturated rings. The predicted octanol–water partition coefficient (Wildman–Crippen LogP) is 2.87. The van der Waals surface area contributed by atoms with Crippen LogP contribution < -0.4 is 10.6 Å². The van der Waals surface area contributed by atoms with E-state index in [1.54, 1.807) is 19.0 Å². The molecule has 6 nitrogen and oxygen atoms in total. The van der Waals surface area contributed by atoms with Crippen molar-refractivity contribution < 1.29 is 9.53 Å². The quantitative estimate of drug-likeness (QED) is 0.218. The number of ether oxygens (including phenoxy) is 1. The minimum absolute atomic E-state index is 0. The van der Waals surface area contributed by atoms with Crippen LogP contribution in [0, 0.1) is 11.8 Å². The van der Waals surface area contributed by atoms with E-state index in [0.29, 0.717) is 30.9 Å². The van der Waals surface area contributed by atoms with E-state index in [2.05, 4.69) is 29.5 Å². The van der Waals surface area contributed by atoms with Gasteiger partial charge >= 0.3 is 0 Å². The second-order valence-corrected chi connectivity index (χ2v) is 7.56. The zero-order valence-electron chi connectivity index (χ0n) is 17.1. The van der Waals surface area contributed by atoms with Gasteiger partial charge in [-0.05, 0) is 31.1 Å². The molecule has 1 amide bonds. The Morgan fingerprint density at radius 1 is 1.15 bits per heavy atom. The molecule has 0 aromatic heterocycles. The first-order valence-electron chi connectivity index (χ1n) is 9.79. The number of halogens is 1. The van der Waals surface area contributed by atoms with Crippen molar-refractivity contribution in [2.45, 2.75) is 52.4 Å². The Morgan fingerprint density at radius 2 is 1.85 bits per heavy atom. The Bertz CT molecular complexity index is 397. The van der Waals surface area contributed by atoms with Crippen LogP contribution in [0.25, 0.3) is 0 Å². The largest absolute Gasteiger partial charge is 0.380 e. The maximum atomic E-state index is 11.8. The fraction of sp³-hybridized carbons (Fsp3) is 0.895. The van der Waals surface area contributed by atoms with Gasteiger partial charge < -0.3 is 20.3 Å². The molecule has 2 N–H and O–H groups in total. The van der Waals surface area contributed by atoms with Gasteiger partial charge in [-0.25, -0.2) is 4.99 Å². The molecule has 0 aromatic carbocycles. The van der Waals surface area contributed by atoms with E-state index in [1.807, 2.05) is 0 Å². The van der Waals surface area contributed by atoms with Crippen LogP contribution in [0.4, 0.5) is 0 Å². The molecule has 1 saturated carbocycles. The third kappa shape index (κ3) is 12.7. The highest BCUT2D eigenvalue weighted by molar-refractivity contribution is 14.0. The summed E-state index contributed by atoms with van der Waals surface area (Å²) in [4.78, 5) is 17.8. The summed E-state index contributed by atoms with van der Waals surface area (Å²) in [7, 11) is 3.51. The first-order chi connectivity index (χ1) is 12.0. The summed E-state index contributed by atoms with van der Waals surface area (Å²) in [5.74, 6) is 2.10. The van der Waals surface area contributed by atoms with Crippen LogP contribution in [0.2, 0.25) is 0 Å². The van der Waals surface area contributed by atoms with Gasteiger partial charge in [-0.1, -0.05) is 33.1 Å². The molecule has 0 heterocycles. The predicted molar refractivity (Wildman–Crippen MR) is 119 cm³/mol. The Hall–Kier alpha value is -0.570. The average Bonchev–Trinajstić information content (AvgIpc) is 2.59. The molecule has 0 aromatic rings. The van der Waals surface area contributed by atoms with E-state index in [-0.39, 0.29) is 36.4 Å². The van der Waals surface area contributed by atoms with Crippen molar-refractivity contribution in [1.29, 1.82) is 0 Å². The number of carbonyl (C=O) groups excluding carboxylic acids is 1. The van der Waals surface area contributed by atoms with Gasteiger partial charge in [0.1, 0.15) is 6.54 Å². The van der Waals surface area contributed by atoms with Gasteiger partial charge in [0.2, 0.25) is 5.91 Å². The number of hydrogen-bond donors (Lipinski definition) is 2. The number of amides is 1. The highest BCUT2D eigenvalue weighted by Gasteiger charge is 2.14. The van der Waals surface area contributed by atoms with Gasteiger partial charge in [-0.3, -0.25) is 4.79 Å². The number of likely N-dealkylation sites (N-methyl/N-ethyl adjacent to an activating group) is 1. The standard InChI is InChI=1S/C19H38N4O2.HI/c1-16(2)10-12-25-13-11-20-19(22-15-18(24)23(3)4)21-14-17-8-6-5-7-9-17;/h16-17H,5-15H2,1-4H3,(H2,20,21,22);1H. The number of carbonyl (C=O) groups is 1. The van der Waals surface area contributed by atoms with E-state index < -0.39 is 0 Å². The Morgan fingerprint density at radius 3 is 2.46 bits per heavy atom. The first kappa shape index (κ1) is 25.4. The van der Waals surface area contributed by atoms with Crippen LogP contribution in [0.15, 0.2) is 4.99 Å². The van der Waals surface area contributed by atoms with Crippen molar-refractivity contribution in [1.82, 2.24) is 15.5 Å². The normalized spacial score (nSPS) is 15.5. The number of hydrogen-bond acceptors (Lipinski definition) is 3. The minimum Gasteiger partial charge on any atom is -0.380 e. The van der Waals surface area contributed by atoms with Gasteiger partial charge in [0.25, 0.3) is 0 Å². The molecule has 0 bridgehead atoms. The molecule has 0 spiro atoms. The highest BCUT2D eigenvalue weighted by Crippen LogP contribution is 2.22. The van der Waals surface area contributed by atoms with E-state index in [0.717, 1.165) is 19.6 Å². The first-order valence-corrected chi connectivity index (χ1v) is 9.79. The summed E-state index contributed by atoms with van der Waals surface area (Å²) in [6, 6.07) is 0. The molecule has 0 unspecified atom stereocenters. The molecular formula is C19H39IN4O2. The van der Waals surface area contributed by atoms with Gasteiger partial charge in [0.15, 0.2) is 5.96 Å². The van der Waals surface area contributed by atoms with Crippen LogP contribution in [-0.2, 0) is 9.53 Å². The molecular weight excluding hydrogens is 443 g/mol. The number of aliphatic imine (C=N–C) groups is 1. The second-order valence-electron chi connectivity index (χ2n) is 7.56. The van der Waals surface area contributed by atoms with Gasteiger partial charge in [0.05, 0.1) is 6.61 Å². The average molecular weight is 482 g/mol. The smallest absolute Gasteiger partial charge is 0.243 e. The molecule has 154 valence electrons. The van der Waals surface area contributed by atoms with Gasteiger partial charge in [-0.2, -0.15) is 0 Å². The van der Waals surface area contributed by atoms with Crippen LogP contribution in [0.3, 0.4) is 0 Å². The molecule has 1 aliphatic carbocycles. The lowest BCUT2D eigenvalue weighted by Crippen LogP contribution is -2.42. The lowest BCUT2D eigenvalue weighted by molar-refractivity contribution is -0.127. The molecule has 7 heteroatoms. The third-order valence-electron chi connectivity index (χ3n) is 4.53. The van der Waals surface area contributed by atoms with E-state index in [1.165, 1.54) is 32.1 Å². The molecule has 1 rings (SSSR count).